The van der Waals surface area contributed by atoms with Crippen LogP contribution in [0.25, 0.3) is 0 Å². The first-order chi connectivity index (χ1) is 9.11. The van der Waals surface area contributed by atoms with Crippen LogP contribution in [0.5, 0.6) is 0 Å². The second kappa shape index (κ2) is 5.79. The van der Waals surface area contributed by atoms with Crippen molar-refractivity contribution >= 4 is 28.1 Å². The number of thiazole rings is 1. The van der Waals surface area contributed by atoms with E-state index in [1.54, 1.807) is 35.5 Å². The number of aromatic nitrogens is 1. The first kappa shape index (κ1) is 13.5. The SMILES string of the molecule is COC(=O)Cc1csc(N(C)c2ccccc2F)n1. The van der Waals surface area contributed by atoms with E-state index in [0.717, 1.165) is 0 Å². The van der Waals surface area contributed by atoms with Gasteiger partial charge in [0, 0.05) is 12.4 Å². The Morgan fingerprint density at radius 1 is 1.47 bits per heavy atom. The molecule has 19 heavy (non-hydrogen) atoms. The summed E-state index contributed by atoms with van der Waals surface area (Å²) in [4.78, 5) is 17.1. The lowest BCUT2D eigenvalue weighted by molar-refractivity contribution is -0.139. The Balaban J connectivity index is 2.19. The van der Waals surface area contributed by atoms with Crippen molar-refractivity contribution in [3.8, 4) is 0 Å². The van der Waals surface area contributed by atoms with Gasteiger partial charge in [-0.25, -0.2) is 9.37 Å². The Labute approximate surface area is 114 Å². The molecule has 0 unspecified atom stereocenters. The molecule has 1 aromatic heterocycles. The zero-order chi connectivity index (χ0) is 13.8. The molecule has 1 heterocycles. The third-order valence-corrected chi connectivity index (χ3v) is 3.56. The zero-order valence-electron chi connectivity index (χ0n) is 10.6. The van der Waals surface area contributed by atoms with E-state index in [2.05, 4.69) is 9.72 Å². The van der Waals surface area contributed by atoms with Crippen LogP contribution in [0, 0.1) is 5.82 Å². The largest absolute Gasteiger partial charge is 0.469 e. The van der Waals surface area contributed by atoms with E-state index >= 15 is 0 Å². The Kier molecular flexibility index (Phi) is 4.11. The van der Waals surface area contributed by atoms with Crippen LogP contribution in [0.2, 0.25) is 0 Å². The molecule has 6 heteroatoms. The van der Waals surface area contributed by atoms with E-state index in [1.165, 1.54) is 24.5 Å². The van der Waals surface area contributed by atoms with Crippen molar-refractivity contribution in [3.63, 3.8) is 0 Å². The van der Waals surface area contributed by atoms with Crippen LogP contribution in [-0.4, -0.2) is 25.1 Å². The highest BCUT2D eigenvalue weighted by Gasteiger charge is 2.14. The summed E-state index contributed by atoms with van der Waals surface area (Å²) in [6.07, 6.45) is 0.123. The van der Waals surface area contributed by atoms with Crippen molar-refractivity contribution in [2.45, 2.75) is 6.42 Å². The molecule has 0 fully saturated rings. The Bertz CT molecular complexity index is 586. The second-order valence-electron chi connectivity index (χ2n) is 3.88. The van der Waals surface area contributed by atoms with Gasteiger partial charge >= 0.3 is 5.97 Å². The molecule has 100 valence electrons. The van der Waals surface area contributed by atoms with Crippen LogP contribution in [0.1, 0.15) is 5.69 Å². The highest BCUT2D eigenvalue weighted by atomic mass is 32.1. The highest BCUT2D eigenvalue weighted by Crippen LogP contribution is 2.28. The third kappa shape index (κ3) is 3.08. The minimum absolute atomic E-state index is 0.123. The standard InChI is InChI=1S/C13H13FN2O2S/c1-16(11-6-4-3-5-10(11)14)13-15-9(8-19-13)7-12(17)18-2/h3-6,8H,7H2,1-2H3. The summed E-state index contributed by atoms with van der Waals surface area (Å²) in [7, 11) is 3.07. The molecule has 0 saturated heterocycles. The molecule has 0 aliphatic heterocycles. The Morgan fingerprint density at radius 3 is 2.89 bits per heavy atom. The molecule has 0 aliphatic carbocycles. The maximum absolute atomic E-state index is 13.7. The summed E-state index contributed by atoms with van der Waals surface area (Å²) in [5.41, 5.74) is 1.07. The molecule has 0 bridgehead atoms. The number of hydrogen-bond donors (Lipinski definition) is 0. The van der Waals surface area contributed by atoms with Crippen molar-refractivity contribution in [2.75, 3.05) is 19.1 Å². The number of anilines is 2. The fraction of sp³-hybridized carbons (Fsp3) is 0.231. The Hall–Kier alpha value is -1.95. The molecule has 0 aliphatic rings. The summed E-state index contributed by atoms with van der Waals surface area (Å²) in [5.74, 6) is -0.653. The molecule has 1 aromatic carbocycles. The zero-order valence-corrected chi connectivity index (χ0v) is 11.4. The monoisotopic (exact) mass is 280 g/mol. The molecular weight excluding hydrogens is 267 g/mol. The predicted octanol–water partition coefficient (Wildman–Crippen LogP) is 2.77. The maximum Gasteiger partial charge on any atom is 0.311 e. The van der Waals surface area contributed by atoms with Gasteiger partial charge in [-0.1, -0.05) is 12.1 Å². The van der Waals surface area contributed by atoms with Crippen molar-refractivity contribution in [3.05, 3.63) is 41.2 Å². The molecule has 0 amide bonds. The van der Waals surface area contributed by atoms with Gasteiger partial charge in [0.15, 0.2) is 5.13 Å². The van der Waals surface area contributed by atoms with E-state index in [0.29, 0.717) is 16.5 Å². The van der Waals surface area contributed by atoms with Crippen LogP contribution >= 0.6 is 11.3 Å². The van der Waals surface area contributed by atoms with Crippen molar-refractivity contribution in [2.24, 2.45) is 0 Å². The number of halogens is 1. The number of methoxy groups -OCH3 is 1. The lowest BCUT2D eigenvalue weighted by atomic mass is 10.3. The quantitative estimate of drug-likeness (QED) is 0.808. The number of rotatable bonds is 4. The molecule has 0 spiro atoms. The highest BCUT2D eigenvalue weighted by molar-refractivity contribution is 7.13. The lowest BCUT2D eigenvalue weighted by Crippen LogP contribution is -2.11. The summed E-state index contributed by atoms with van der Waals surface area (Å²) >= 11 is 1.35. The molecule has 2 aromatic rings. The van der Waals surface area contributed by atoms with Crippen molar-refractivity contribution < 1.29 is 13.9 Å². The normalized spacial score (nSPS) is 10.3. The van der Waals surface area contributed by atoms with Gasteiger partial charge in [0.2, 0.25) is 0 Å². The smallest absolute Gasteiger partial charge is 0.311 e. The second-order valence-corrected chi connectivity index (χ2v) is 4.72. The van der Waals surface area contributed by atoms with Gasteiger partial charge in [-0.3, -0.25) is 4.79 Å². The molecule has 0 radical (unpaired) electrons. The number of carbonyl (C=O) groups is 1. The molecule has 0 saturated carbocycles. The topological polar surface area (TPSA) is 42.4 Å². The van der Waals surface area contributed by atoms with Crippen molar-refractivity contribution in [1.82, 2.24) is 4.98 Å². The third-order valence-electron chi connectivity index (χ3n) is 2.59. The van der Waals surface area contributed by atoms with E-state index in [1.807, 2.05) is 0 Å². The van der Waals surface area contributed by atoms with Gasteiger partial charge in [0.1, 0.15) is 5.82 Å². The summed E-state index contributed by atoms with van der Waals surface area (Å²) in [5, 5.41) is 2.40. The van der Waals surface area contributed by atoms with Gasteiger partial charge in [-0.2, -0.15) is 0 Å². The van der Waals surface area contributed by atoms with Crippen molar-refractivity contribution in [1.29, 1.82) is 0 Å². The molecule has 2 rings (SSSR count). The first-order valence-electron chi connectivity index (χ1n) is 5.61. The minimum Gasteiger partial charge on any atom is -0.469 e. The average molecular weight is 280 g/mol. The van der Waals surface area contributed by atoms with Crippen LogP contribution in [-0.2, 0) is 16.0 Å². The fourth-order valence-electron chi connectivity index (χ4n) is 1.58. The summed E-state index contributed by atoms with van der Waals surface area (Å²) < 4.78 is 18.2. The van der Waals surface area contributed by atoms with Gasteiger partial charge in [-0.15, -0.1) is 11.3 Å². The summed E-state index contributed by atoms with van der Waals surface area (Å²) in [6, 6.07) is 6.47. The van der Waals surface area contributed by atoms with Gasteiger partial charge in [-0.05, 0) is 12.1 Å². The fourth-order valence-corrected chi connectivity index (χ4v) is 2.38. The number of hydrogen-bond acceptors (Lipinski definition) is 5. The number of nitrogens with zero attached hydrogens (tertiary/aromatic N) is 2. The number of carbonyl (C=O) groups excluding carboxylic acids is 1. The van der Waals surface area contributed by atoms with Crippen LogP contribution in [0.15, 0.2) is 29.6 Å². The number of esters is 1. The lowest BCUT2D eigenvalue weighted by Gasteiger charge is -2.16. The number of para-hydroxylation sites is 1. The number of benzene rings is 1. The van der Waals surface area contributed by atoms with Gasteiger partial charge in [0.25, 0.3) is 0 Å². The first-order valence-corrected chi connectivity index (χ1v) is 6.49. The summed E-state index contributed by atoms with van der Waals surface area (Å²) in [6.45, 7) is 0. The average Bonchev–Trinajstić information content (AvgIpc) is 2.87. The van der Waals surface area contributed by atoms with Gasteiger partial charge in [0.05, 0.1) is 24.9 Å². The predicted molar refractivity (Wildman–Crippen MR) is 72.3 cm³/mol. The molecular formula is C13H13FN2O2S. The number of ether oxygens (including phenoxy) is 1. The molecule has 0 atom stereocenters. The maximum atomic E-state index is 13.7. The van der Waals surface area contributed by atoms with Gasteiger partial charge < -0.3 is 9.64 Å². The van der Waals surface area contributed by atoms with E-state index in [-0.39, 0.29) is 18.2 Å². The molecule has 4 nitrogen and oxygen atoms in total. The van der Waals surface area contributed by atoms with Crippen LogP contribution < -0.4 is 4.90 Å². The van der Waals surface area contributed by atoms with E-state index in [4.69, 9.17) is 0 Å². The molecule has 0 N–H and O–H groups in total. The van der Waals surface area contributed by atoms with Crippen LogP contribution in [0.4, 0.5) is 15.2 Å². The minimum atomic E-state index is -0.342. The van der Waals surface area contributed by atoms with E-state index in [9.17, 15) is 9.18 Å². The van der Waals surface area contributed by atoms with Crippen LogP contribution in [0.3, 0.4) is 0 Å². The Morgan fingerprint density at radius 2 is 2.21 bits per heavy atom. The van der Waals surface area contributed by atoms with E-state index < -0.39 is 0 Å².